The molecule has 2 aromatic heterocycles. The van der Waals surface area contributed by atoms with E-state index in [1.807, 2.05) is 24.3 Å². The summed E-state index contributed by atoms with van der Waals surface area (Å²) in [5.74, 6) is 0.404. The number of anilines is 1. The molecule has 0 saturated heterocycles. The Hall–Kier alpha value is -2.17. The summed E-state index contributed by atoms with van der Waals surface area (Å²) in [5.41, 5.74) is 8.07. The van der Waals surface area contributed by atoms with Crippen LogP contribution in [0.25, 0.3) is 16.7 Å². The monoisotopic (exact) mass is 185 g/mol. The van der Waals surface area contributed by atoms with E-state index in [0.717, 1.165) is 11.0 Å². The van der Waals surface area contributed by atoms with Crippen LogP contribution in [-0.4, -0.2) is 19.6 Å². The smallest absolute Gasteiger partial charge is 0.198 e. The second-order valence-electron chi connectivity index (χ2n) is 2.98. The van der Waals surface area contributed by atoms with Crippen molar-refractivity contribution in [3.63, 3.8) is 0 Å². The third kappa shape index (κ3) is 0.806. The van der Waals surface area contributed by atoms with E-state index in [9.17, 15) is 0 Å². The van der Waals surface area contributed by atoms with Gasteiger partial charge in [-0.1, -0.05) is 12.1 Å². The molecule has 3 aromatic rings. The molecule has 0 spiro atoms. The highest BCUT2D eigenvalue weighted by atomic mass is 15.3. The summed E-state index contributed by atoms with van der Waals surface area (Å²) in [6.45, 7) is 0. The van der Waals surface area contributed by atoms with Crippen LogP contribution < -0.4 is 5.73 Å². The molecule has 3 rings (SSSR count). The van der Waals surface area contributed by atoms with E-state index in [0.29, 0.717) is 11.5 Å². The van der Waals surface area contributed by atoms with Gasteiger partial charge in [-0.05, 0) is 12.1 Å². The maximum atomic E-state index is 5.73. The van der Waals surface area contributed by atoms with Crippen LogP contribution in [-0.2, 0) is 0 Å². The van der Waals surface area contributed by atoms with Gasteiger partial charge in [0.05, 0.1) is 11.0 Å². The maximum absolute atomic E-state index is 5.73. The summed E-state index contributed by atoms with van der Waals surface area (Å²) < 4.78 is 1.69. The van der Waals surface area contributed by atoms with E-state index in [4.69, 9.17) is 5.73 Å². The molecule has 5 heteroatoms. The quantitative estimate of drug-likeness (QED) is 0.564. The number of nitrogen functional groups attached to an aromatic ring is 1. The van der Waals surface area contributed by atoms with Gasteiger partial charge in [0, 0.05) is 0 Å². The molecule has 1 aromatic carbocycles. The minimum absolute atomic E-state index is 0.404. The molecule has 0 fully saturated rings. The minimum Gasteiger partial charge on any atom is -0.381 e. The number of benzene rings is 1. The van der Waals surface area contributed by atoms with E-state index in [1.165, 1.54) is 6.33 Å². The summed E-state index contributed by atoms with van der Waals surface area (Å²) in [5, 5.41) is 4.09. The summed E-state index contributed by atoms with van der Waals surface area (Å²) in [7, 11) is 0. The third-order valence-corrected chi connectivity index (χ3v) is 2.13. The molecular weight excluding hydrogens is 178 g/mol. The van der Waals surface area contributed by atoms with Gasteiger partial charge in [-0.2, -0.15) is 5.10 Å². The normalized spacial score (nSPS) is 11.1. The van der Waals surface area contributed by atoms with Crippen LogP contribution in [0, 0.1) is 0 Å². The van der Waals surface area contributed by atoms with E-state index in [2.05, 4.69) is 15.1 Å². The first kappa shape index (κ1) is 7.25. The van der Waals surface area contributed by atoms with Gasteiger partial charge in [0.1, 0.15) is 6.33 Å². The highest BCUT2D eigenvalue weighted by Gasteiger charge is 2.05. The summed E-state index contributed by atoms with van der Waals surface area (Å²) in [6.07, 6.45) is 1.47. The first-order valence-corrected chi connectivity index (χ1v) is 4.20. The van der Waals surface area contributed by atoms with Crippen molar-refractivity contribution in [2.45, 2.75) is 0 Å². The zero-order valence-corrected chi connectivity index (χ0v) is 7.25. The first-order chi connectivity index (χ1) is 6.86. The number of hydrogen-bond donors (Lipinski definition) is 1. The predicted octanol–water partition coefficient (Wildman–Crippen LogP) is 0.860. The maximum Gasteiger partial charge on any atom is 0.198 e. The molecule has 0 bridgehead atoms. The Morgan fingerprint density at radius 2 is 2.07 bits per heavy atom. The SMILES string of the molecule is Nc1nc2ccccc2n2ncnc12. The van der Waals surface area contributed by atoms with E-state index in [1.54, 1.807) is 4.52 Å². The highest BCUT2D eigenvalue weighted by molar-refractivity contribution is 5.81. The van der Waals surface area contributed by atoms with Gasteiger partial charge >= 0.3 is 0 Å². The van der Waals surface area contributed by atoms with Crippen LogP contribution >= 0.6 is 0 Å². The van der Waals surface area contributed by atoms with Crippen molar-refractivity contribution in [1.82, 2.24) is 19.6 Å². The van der Waals surface area contributed by atoms with Gasteiger partial charge in [0.2, 0.25) is 0 Å². The van der Waals surface area contributed by atoms with Crippen molar-refractivity contribution in [3.8, 4) is 0 Å². The third-order valence-electron chi connectivity index (χ3n) is 2.13. The number of rotatable bonds is 0. The second-order valence-corrected chi connectivity index (χ2v) is 2.98. The molecule has 0 atom stereocenters. The molecule has 0 aliphatic carbocycles. The Morgan fingerprint density at radius 3 is 3.00 bits per heavy atom. The largest absolute Gasteiger partial charge is 0.381 e. The van der Waals surface area contributed by atoms with E-state index < -0.39 is 0 Å². The lowest BCUT2D eigenvalue weighted by molar-refractivity contribution is 0.997. The van der Waals surface area contributed by atoms with Gasteiger partial charge in [0.25, 0.3) is 0 Å². The van der Waals surface area contributed by atoms with Crippen LogP contribution in [0.15, 0.2) is 30.6 Å². The lowest BCUT2D eigenvalue weighted by Crippen LogP contribution is -1.99. The molecule has 0 unspecified atom stereocenters. The molecule has 0 radical (unpaired) electrons. The summed E-state index contributed by atoms with van der Waals surface area (Å²) in [6, 6.07) is 7.68. The van der Waals surface area contributed by atoms with Crippen LogP contribution in [0.4, 0.5) is 5.82 Å². The summed E-state index contributed by atoms with van der Waals surface area (Å²) in [4.78, 5) is 8.26. The standard InChI is InChI=1S/C9H7N5/c10-8-9-11-5-12-14(9)7-4-2-1-3-6(7)13-8/h1-5H,(H2,10,13). The molecule has 2 N–H and O–H groups in total. The van der Waals surface area contributed by atoms with Crippen molar-refractivity contribution in [2.75, 3.05) is 5.73 Å². The highest BCUT2D eigenvalue weighted by Crippen LogP contribution is 2.16. The van der Waals surface area contributed by atoms with Crippen molar-refractivity contribution >= 4 is 22.5 Å². The number of aromatic nitrogens is 4. The van der Waals surface area contributed by atoms with Crippen molar-refractivity contribution in [2.24, 2.45) is 0 Å². The van der Waals surface area contributed by atoms with Crippen molar-refractivity contribution in [3.05, 3.63) is 30.6 Å². The van der Waals surface area contributed by atoms with Gasteiger partial charge in [-0.15, -0.1) is 0 Å². The Bertz CT molecular complexity index is 613. The van der Waals surface area contributed by atoms with E-state index in [-0.39, 0.29) is 0 Å². The van der Waals surface area contributed by atoms with Crippen LogP contribution in [0.5, 0.6) is 0 Å². The molecular formula is C9H7N5. The number of nitrogens with two attached hydrogens (primary N) is 1. The minimum atomic E-state index is 0.404. The number of hydrogen-bond acceptors (Lipinski definition) is 4. The average molecular weight is 185 g/mol. The second kappa shape index (κ2) is 2.41. The van der Waals surface area contributed by atoms with Gasteiger partial charge < -0.3 is 5.73 Å². The zero-order chi connectivity index (χ0) is 9.54. The Balaban J connectivity index is 2.66. The topological polar surface area (TPSA) is 69.1 Å². The van der Waals surface area contributed by atoms with Crippen LogP contribution in [0.1, 0.15) is 0 Å². The fraction of sp³-hybridized carbons (Fsp3) is 0. The molecule has 0 saturated carbocycles. The molecule has 0 aliphatic heterocycles. The molecule has 0 amide bonds. The Morgan fingerprint density at radius 1 is 1.21 bits per heavy atom. The Labute approximate surface area is 79.2 Å². The Kier molecular flexibility index (Phi) is 1.25. The van der Waals surface area contributed by atoms with Gasteiger partial charge in [-0.25, -0.2) is 14.5 Å². The lowest BCUT2D eigenvalue weighted by Gasteiger charge is -2.01. The van der Waals surface area contributed by atoms with Gasteiger partial charge in [-0.3, -0.25) is 0 Å². The van der Waals surface area contributed by atoms with E-state index >= 15 is 0 Å². The van der Waals surface area contributed by atoms with Crippen molar-refractivity contribution in [1.29, 1.82) is 0 Å². The van der Waals surface area contributed by atoms with Crippen molar-refractivity contribution < 1.29 is 0 Å². The first-order valence-electron chi connectivity index (χ1n) is 4.20. The number of fused-ring (bicyclic) bond motifs is 3. The molecule has 14 heavy (non-hydrogen) atoms. The van der Waals surface area contributed by atoms with Crippen LogP contribution in [0.2, 0.25) is 0 Å². The summed E-state index contributed by atoms with van der Waals surface area (Å²) >= 11 is 0. The lowest BCUT2D eigenvalue weighted by atomic mass is 10.3. The molecule has 0 aliphatic rings. The fourth-order valence-electron chi connectivity index (χ4n) is 1.51. The molecule has 5 nitrogen and oxygen atoms in total. The fourth-order valence-corrected chi connectivity index (χ4v) is 1.51. The van der Waals surface area contributed by atoms with Gasteiger partial charge in [0.15, 0.2) is 11.5 Å². The zero-order valence-electron chi connectivity index (χ0n) is 7.25. The number of para-hydroxylation sites is 2. The predicted molar refractivity (Wildman–Crippen MR) is 52.7 cm³/mol. The number of nitrogens with zero attached hydrogens (tertiary/aromatic N) is 4. The molecule has 68 valence electrons. The average Bonchev–Trinajstić information content (AvgIpc) is 2.67. The molecule has 2 heterocycles. The van der Waals surface area contributed by atoms with Crippen LogP contribution in [0.3, 0.4) is 0 Å².